The van der Waals surface area contributed by atoms with Gasteiger partial charge in [-0.15, -0.1) is 0 Å². The molecule has 44 heteroatoms. The number of aliphatic hydroxyl groups is 6. The first-order chi connectivity index (χ1) is 39.8. The summed E-state index contributed by atoms with van der Waals surface area (Å²) in [6, 6.07) is 0.898. The van der Waals surface area contributed by atoms with Gasteiger partial charge in [0.1, 0.15) is 109 Å². The minimum absolute atomic E-state index is 0.00121. The van der Waals surface area contributed by atoms with Crippen LogP contribution >= 0.6 is 23.5 Å². The van der Waals surface area contributed by atoms with Gasteiger partial charge in [0, 0.05) is 12.3 Å². The highest BCUT2D eigenvalue weighted by molar-refractivity contribution is 7.48. The highest BCUT2D eigenvalue weighted by Crippen LogP contribution is 2.54. The van der Waals surface area contributed by atoms with E-state index in [0.29, 0.717) is 4.57 Å². The number of aromatic nitrogens is 14. The van der Waals surface area contributed by atoms with Crippen molar-refractivity contribution in [2.75, 3.05) is 43.6 Å². The number of nitrogens with one attached hydrogen (secondary N) is 1. The molecule has 0 spiro atoms. The number of phosphoric ester groups is 3. The highest BCUT2D eigenvalue weighted by atomic mass is 31.2. The molecule has 4 aliphatic rings. The van der Waals surface area contributed by atoms with Crippen LogP contribution in [0.5, 0.6) is 0 Å². The summed E-state index contributed by atoms with van der Waals surface area (Å²) in [6.45, 7) is -2.46. The maximum absolute atomic E-state index is 14.0. The van der Waals surface area contributed by atoms with Crippen molar-refractivity contribution in [2.24, 2.45) is 0 Å². The zero-order valence-corrected chi connectivity index (χ0v) is 45.3. The smallest absolute Gasteiger partial charge is 0.394 e. The number of imidazole rings is 3. The zero-order valence-electron chi connectivity index (χ0n) is 42.6. The number of fused-ring (bicyclic) bond motifs is 3. The normalized spacial score (nSPS) is 32.2. The molecule has 7 aromatic heterocycles. The average Bonchev–Trinajstić information content (AvgIpc) is 3.05. The number of hydrogen-bond donors (Lipinski definition) is 13. The quantitative estimate of drug-likeness (QED) is 0.0318. The predicted molar refractivity (Wildman–Crippen MR) is 270 cm³/mol. The Hall–Kier alpha value is -6.34. The van der Waals surface area contributed by atoms with Gasteiger partial charge in [-0.2, -0.15) is 0 Å². The maximum Gasteiger partial charge on any atom is 0.472 e. The van der Waals surface area contributed by atoms with Crippen LogP contribution in [0.3, 0.4) is 0 Å². The fourth-order valence-corrected chi connectivity index (χ4v) is 12.6. The average molecular weight is 1250 g/mol. The second-order valence-corrected chi connectivity index (χ2v) is 23.3. The number of aromatic amines is 1. The van der Waals surface area contributed by atoms with E-state index in [9.17, 15) is 68.6 Å². The summed E-state index contributed by atoms with van der Waals surface area (Å²) in [6.07, 6.45) is -22.3. The second kappa shape index (κ2) is 22.8. The molecule has 0 amide bonds. The molecule has 4 fully saturated rings. The third-order valence-electron chi connectivity index (χ3n) is 13.8. The second-order valence-electron chi connectivity index (χ2n) is 19.0. The summed E-state index contributed by atoms with van der Waals surface area (Å²) in [7, 11) is -16.5. The van der Waals surface area contributed by atoms with Crippen molar-refractivity contribution in [2.45, 2.75) is 105 Å². The number of nitrogens with zero attached hydrogens (tertiary/aromatic N) is 13. The molecule has 11 rings (SSSR count). The molecular weight excluding hydrogens is 1200 g/mol. The van der Waals surface area contributed by atoms with Gasteiger partial charge >= 0.3 is 29.2 Å². The molecule has 4 saturated heterocycles. The summed E-state index contributed by atoms with van der Waals surface area (Å²) in [5, 5.41) is 66.2. The van der Waals surface area contributed by atoms with Gasteiger partial charge in [0.2, 0.25) is 0 Å². The van der Waals surface area contributed by atoms with Crippen LogP contribution < -0.4 is 28.5 Å². The third-order valence-corrected chi connectivity index (χ3v) is 16.8. The van der Waals surface area contributed by atoms with Crippen LogP contribution in [-0.2, 0) is 59.8 Å². The van der Waals surface area contributed by atoms with Crippen molar-refractivity contribution in [3.8, 4) is 0 Å². The summed E-state index contributed by atoms with van der Waals surface area (Å²) in [5.41, 5.74) is 16.1. The number of hydrogen-bond acceptors (Lipinski definition) is 33. The standard InChI is InChI=1S/C40H50N17O24P3/c1-13-52-21-32(43)46-10-49-35(21)57(13)36-26(64)22(60)15(76-36)5-72-82(66,67)80-28-24(62)17(78-38(28)55-11-50-19-30(41)44-8-47-33(19)55)7-74-84(70,71)81-29-25(63)16(77-39(29)56-12-51-20-31(42)45-9-48-34(20)56)6-73-83(68,69)79-27-23(61)14(4-58)75-37(27)54-3-2-18(59)53-40(54)65/h2-3,8-12,14-17,22-29,36-39,58,60-64H,4-7H2,1H3,(H,66,67)(H,68,69)(H,70,71)(H2,41,44,47)(H2,42,45,48)(H2,43,46,49)(H,53,59,65)/t14-,15-,16-,17-,22-,23-,24-,25-,26-,27-,28-,29-,36-,37-,38-,39-/m1/s1. The lowest BCUT2D eigenvalue weighted by Crippen LogP contribution is -2.39. The molecule has 454 valence electrons. The molecular formula is C40H50N17O24P3. The van der Waals surface area contributed by atoms with Crippen LogP contribution in [-0.4, -0.2) is 213 Å². The Kier molecular flexibility index (Phi) is 16.1. The van der Waals surface area contributed by atoms with E-state index in [1.54, 1.807) is 0 Å². The van der Waals surface area contributed by atoms with Gasteiger partial charge in [0.15, 0.2) is 64.8 Å². The van der Waals surface area contributed by atoms with Gasteiger partial charge in [-0.3, -0.25) is 55.2 Å². The molecule has 4 aliphatic heterocycles. The SMILES string of the molecule is Cc1nc2c(N)ncnc2n1[C@@H]1O[C@H](COP(=O)(O)O[C@@H]2[C@H](O)[C@@H](COP(=O)(O)O[C@@H]3[C@H](O)[C@@H](COP(=O)(O)O[C@@H]4[C@H](O)[C@@H](CO)O[C@H]4n4ccc(=O)[nH]c4=O)O[C@H]3n3cnc4c(N)ncnc43)O[C@H]2n2cnc3c(N)ncnc32)[C@@H](O)[C@H]1O. The molecule has 11 heterocycles. The zero-order chi connectivity index (χ0) is 59.9. The number of nitrogen functional groups attached to an aromatic ring is 3. The van der Waals surface area contributed by atoms with Crippen molar-refractivity contribution in [1.82, 2.24) is 68.1 Å². The summed E-state index contributed by atoms with van der Waals surface area (Å²) in [4.78, 5) is 96.3. The van der Waals surface area contributed by atoms with Gasteiger partial charge in [-0.05, 0) is 6.92 Å². The van der Waals surface area contributed by atoms with E-state index in [4.69, 9.17) is 63.3 Å². The van der Waals surface area contributed by atoms with E-state index in [1.165, 1.54) is 11.5 Å². The van der Waals surface area contributed by atoms with Gasteiger partial charge < -0.3 is 81.5 Å². The first-order valence-corrected chi connectivity index (χ1v) is 29.1. The topological polar surface area (TPSA) is 589 Å². The Bertz CT molecular complexity index is 3870. The highest BCUT2D eigenvalue weighted by Gasteiger charge is 2.55. The lowest BCUT2D eigenvalue weighted by molar-refractivity contribution is -0.0663. The molecule has 0 aliphatic carbocycles. The summed E-state index contributed by atoms with van der Waals surface area (Å²) >= 11 is 0. The van der Waals surface area contributed by atoms with Crippen molar-refractivity contribution in [3.63, 3.8) is 0 Å². The summed E-state index contributed by atoms with van der Waals surface area (Å²) in [5.74, 6) is -0.000414. The number of H-pyrrole nitrogens is 1. The predicted octanol–water partition coefficient (Wildman–Crippen LogP) is -5.00. The van der Waals surface area contributed by atoms with E-state index >= 15 is 0 Å². The van der Waals surface area contributed by atoms with Crippen LogP contribution in [0.2, 0.25) is 0 Å². The number of anilines is 3. The first kappa shape index (κ1) is 59.4. The molecule has 84 heavy (non-hydrogen) atoms. The van der Waals surface area contributed by atoms with E-state index in [0.717, 1.165) is 53.0 Å². The number of aliphatic hydroxyl groups excluding tert-OH is 6. The number of aryl methyl sites for hydroxylation is 1. The van der Waals surface area contributed by atoms with Crippen molar-refractivity contribution >= 4 is 74.4 Å². The van der Waals surface area contributed by atoms with Crippen molar-refractivity contribution in [3.05, 3.63) is 70.6 Å². The maximum atomic E-state index is 14.0. The summed E-state index contributed by atoms with van der Waals surface area (Å²) < 4.78 is 101. The van der Waals surface area contributed by atoms with Crippen LogP contribution in [0, 0.1) is 6.92 Å². The number of ether oxygens (including phenoxy) is 4. The van der Waals surface area contributed by atoms with Crippen LogP contribution in [0.25, 0.3) is 33.5 Å². The van der Waals surface area contributed by atoms with Crippen LogP contribution in [0.4, 0.5) is 17.5 Å². The van der Waals surface area contributed by atoms with Gasteiger partial charge in [0.05, 0.1) is 39.1 Å². The molecule has 0 bridgehead atoms. The van der Waals surface area contributed by atoms with E-state index in [-0.39, 0.29) is 56.8 Å². The van der Waals surface area contributed by atoms with Crippen LogP contribution in [0.15, 0.2) is 53.5 Å². The molecule has 0 radical (unpaired) electrons. The molecule has 3 unspecified atom stereocenters. The largest absolute Gasteiger partial charge is 0.472 e. The van der Waals surface area contributed by atoms with E-state index in [1.807, 2.05) is 4.98 Å². The fourth-order valence-electron chi connectivity index (χ4n) is 9.81. The minimum Gasteiger partial charge on any atom is -0.394 e. The Morgan fingerprint density at radius 1 is 0.548 bits per heavy atom. The minimum atomic E-state index is -5.59. The van der Waals surface area contributed by atoms with Gasteiger partial charge in [-0.1, -0.05) is 0 Å². The van der Waals surface area contributed by atoms with Gasteiger partial charge in [-0.25, -0.2) is 63.3 Å². The van der Waals surface area contributed by atoms with Crippen molar-refractivity contribution in [1.29, 1.82) is 0 Å². The lowest BCUT2D eigenvalue weighted by atomic mass is 10.1. The Morgan fingerprint density at radius 3 is 1.42 bits per heavy atom. The molecule has 0 aromatic carbocycles. The van der Waals surface area contributed by atoms with Gasteiger partial charge in [0.25, 0.3) is 5.56 Å². The third kappa shape index (κ3) is 11.2. The molecule has 41 nitrogen and oxygen atoms in total. The molecule has 19 atom stereocenters. The molecule has 0 saturated carbocycles. The van der Waals surface area contributed by atoms with Crippen LogP contribution in [0.1, 0.15) is 30.7 Å². The number of phosphoric acid groups is 3. The molecule has 7 aromatic rings. The Morgan fingerprint density at radius 2 is 0.952 bits per heavy atom. The fraction of sp³-hybridized carbons (Fsp3) is 0.525. The van der Waals surface area contributed by atoms with Crippen molar-refractivity contribution < 1.29 is 105 Å². The lowest BCUT2D eigenvalue weighted by Gasteiger charge is -2.25. The van der Waals surface area contributed by atoms with E-state index < -0.39 is 159 Å². The first-order valence-electron chi connectivity index (χ1n) is 24.6. The monoisotopic (exact) mass is 1250 g/mol. The number of rotatable bonds is 20. The molecule has 16 N–H and O–H groups in total. The number of nitrogens with two attached hydrogens (primary N) is 3. The van der Waals surface area contributed by atoms with E-state index in [2.05, 4.69) is 44.9 Å². The Labute approximate surface area is 465 Å². The Balaban J connectivity index is 0.797.